The second-order valence-corrected chi connectivity index (χ2v) is 7.74. The second kappa shape index (κ2) is 19.4. The van der Waals surface area contributed by atoms with Gasteiger partial charge in [-0.25, -0.2) is 0 Å². The molecule has 0 saturated carbocycles. The molecule has 1 atom stereocenters. The largest absolute Gasteiger partial charge is 0.179 e. The Balaban J connectivity index is 2.97. The van der Waals surface area contributed by atoms with Crippen molar-refractivity contribution in [2.75, 3.05) is 5.75 Å². The van der Waals surface area contributed by atoms with Crippen molar-refractivity contribution in [3.63, 3.8) is 0 Å². The van der Waals surface area contributed by atoms with Gasteiger partial charge in [-0.2, -0.15) is 12.6 Å². The molecule has 0 aromatic carbocycles. The summed E-state index contributed by atoms with van der Waals surface area (Å²) in [4.78, 5) is 0. The lowest BCUT2D eigenvalue weighted by atomic mass is 10.0. The van der Waals surface area contributed by atoms with Crippen molar-refractivity contribution in [1.82, 2.24) is 0 Å². The maximum atomic E-state index is 4.35. The first-order valence-corrected chi connectivity index (χ1v) is 11.0. The fraction of sp³-hybridized carbons (Fsp3) is 1.00. The molecule has 134 valence electrons. The molecule has 0 aliphatic rings. The van der Waals surface area contributed by atoms with Crippen molar-refractivity contribution < 1.29 is 0 Å². The van der Waals surface area contributed by atoms with Gasteiger partial charge in [0.25, 0.3) is 0 Å². The molecule has 0 radical (unpaired) electrons. The standard InChI is InChI=1S/C21H44S/c1-3-4-5-6-7-8-9-10-11-12-13-14-15-16-17-18-19-21(2)20-22/h21-22H,3-20H2,1-2H3. The SMILES string of the molecule is CCCCCCCCCCCCCCCCCCC(C)CS. The molecule has 0 nitrogen and oxygen atoms in total. The molecular formula is C21H44S. The minimum atomic E-state index is 0.815. The molecule has 0 N–H and O–H groups in total. The van der Waals surface area contributed by atoms with Crippen LogP contribution < -0.4 is 0 Å². The molecule has 0 aliphatic heterocycles. The van der Waals surface area contributed by atoms with Crippen LogP contribution in [0.1, 0.15) is 123 Å². The minimum absolute atomic E-state index is 0.815. The van der Waals surface area contributed by atoms with Gasteiger partial charge in [0.2, 0.25) is 0 Å². The Morgan fingerprint density at radius 2 is 0.864 bits per heavy atom. The summed E-state index contributed by atoms with van der Waals surface area (Å²) >= 11 is 4.35. The van der Waals surface area contributed by atoms with Gasteiger partial charge in [0.05, 0.1) is 0 Å². The molecule has 0 amide bonds. The summed E-state index contributed by atoms with van der Waals surface area (Å²) in [6.07, 6.45) is 24.7. The fourth-order valence-corrected chi connectivity index (χ4v) is 3.31. The summed E-state index contributed by atoms with van der Waals surface area (Å²) in [7, 11) is 0. The number of hydrogen-bond acceptors (Lipinski definition) is 1. The Labute approximate surface area is 147 Å². The first-order valence-electron chi connectivity index (χ1n) is 10.4. The van der Waals surface area contributed by atoms with Crippen LogP contribution in [-0.2, 0) is 0 Å². The molecule has 0 aliphatic carbocycles. The second-order valence-electron chi connectivity index (χ2n) is 7.38. The van der Waals surface area contributed by atoms with E-state index in [1.165, 1.54) is 109 Å². The van der Waals surface area contributed by atoms with Crippen molar-refractivity contribution in [2.45, 2.75) is 123 Å². The fourth-order valence-electron chi connectivity index (χ4n) is 3.13. The summed E-state index contributed by atoms with van der Waals surface area (Å²) in [5.74, 6) is 1.87. The van der Waals surface area contributed by atoms with Crippen LogP contribution in [0.4, 0.5) is 0 Å². The Kier molecular flexibility index (Phi) is 19.7. The molecule has 22 heavy (non-hydrogen) atoms. The lowest BCUT2D eigenvalue weighted by molar-refractivity contribution is 0.505. The van der Waals surface area contributed by atoms with Gasteiger partial charge in [0.15, 0.2) is 0 Å². The van der Waals surface area contributed by atoms with Crippen molar-refractivity contribution in [3.8, 4) is 0 Å². The van der Waals surface area contributed by atoms with Crippen LogP contribution in [0, 0.1) is 5.92 Å². The molecule has 0 saturated heterocycles. The number of thiol groups is 1. The lowest BCUT2D eigenvalue weighted by Crippen LogP contribution is -1.95. The average molecular weight is 329 g/mol. The van der Waals surface area contributed by atoms with Crippen LogP contribution in [0.3, 0.4) is 0 Å². The summed E-state index contributed by atoms with van der Waals surface area (Å²) < 4.78 is 0. The Bertz CT molecular complexity index is 190. The summed E-state index contributed by atoms with van der Waals surface area (Å²) in [5, 5.41) is 0. The molecule has 1 unspecified atom stereocenters. The molecule has 0 heterocycles. The smallest absolute Gasteiger partial charge is 0.00721 e. The highest BCUT2D eigenvalue weighted by atomic mass is 32.1. The number of unbranched alkanes of at least 4 members (excludes halogenated alkanes) is 15. The van der Waals surface area contributed by atoms with Crippen molar-refractivity contribution in [3.05, 3.63) is 0 Å². The summed E-state index contributed by atoms with van der Waals surface area (Å²) in [6, 6.07) is 0. The van der Waals surface area contributed by atoms with Crippen LogP contribution >= 0.6 is 12.6 Å². The lowest BCUT2D eigenvalue weighted by Gasteiger charge is -2.07. The van der Waals surface area contributed by atoms with Crippen LogP contribution in [0.5, 0.6) is 0 Å². The van der Waals surface area contributed by atoms with E-state index < -0.39 is 0 Å². The van der Waals surface area contributed by atoms with Gasteiger partial charge in [-0.3, -0.25) is 0 Å². The molecule has 0 rings (SSSR count). The topological polar surface area (TPSA) is 0 Å². The van der Waals surface area contributed by atoms with E-state index in [-0.39, 0.29) is 0 Å². The van der Waals surface area contributed by atoms with Crippen molar-refractivity contribution in [2.24, 2.45) is 5.92 Å². The van der Waals surface area contributed by atoms with Gasteiger partial charge in [-0.1, -0.05) is 117 Å². The van der Waals surface area contributed by atoms with Gasteiger partial charge < -0.3 is 0 Å². The van der Waals surface area contributed by atoms with Gasteiger partial charge in [0, 0.05) is 0 Å². The molecule has 0 aromatic rings. The third-order valence-electron chi connectivity index (χ3n) is 4.86. The van der Waals surface area contributed by atoms with Gasteiger partial charge in [0.1, 0.15) is 0 Å². The zero-order chi connectivity index (χ0) is 16.3. The Morgan fingerprint density at radius 1 is 0.545 bits per heavy atom. The zero-order valence-corrected chi connectivity index (χ0v) is 16.6. The average Bonchev–Trinajstić information content (AvgIpc) is 2.54. The number of hydrogen-bond donors (Lipinski definition) is 1. The first kappa shape index (κ1) is 22.4. The Morgan fingerprint density at radius 3 is 1.18 bits per heavy atom. The van der Waals surface area contributed by atoms with E-state index in [0.717, 1.165) is 11.7 Å². The highest BCUT2D eigenvalue weighted by Crippen LogP contribution is 2.15. The first-order chi connectivity index (χ1) is 10.8. The van der Waals surface area contributed by atoms with E-state index >= 15 is 0 Å². The van der Waals surface area contributed by atoms with Crippen molar-refractivity contribution >= 4 is 12.6 Å². The maximum Gasteiger partial charge on any atom is -0.00721 e. The number of rotatable bonds is 18. The van der Waals surface area contributed by atoms with Gasteiger partial charge >= 0.3 is 0 Å². The van der Waals surface area contributed by atoms with E-state index in [1.807, 2.05) is 0 Å². The Hall–Kier alpha value is 0.350. The van der Waals surface area contributed by atoms with E-state index in [9.17, 15) is 0 Å². The van der Waals surface area contributed by atoms with E-state index in [2.05, 4.69) is 26.5 Å². The predicted molar refractivity (Wildman–Crippen MR) is 107 cm³/mol. The zero-order valence-electron chi connectivity index (χ0n) is 15.8. The highest BCUT2D eigenvalue weighted by Gasteiger charge is 1.98. The van der Waals surface area contributed by atoms with Crippen molar-refractivity contribution in [1.29, 1.82) is 0 Å². The monoisotopic (exact) mass is 328 g/mol. The quantitative estimate of drug-likeness (QED) is 0.190. The molecule has 0 bridgehead atoms. The maximum absolute atomic E-state index is 4.35. The molecule has 0 aromatic heterocycles. The van der Waals surface area contributed by atoms with Crippen LogP contribution in [0.25, 0.3) is 0 Å². The highest BCUT2D eigenvalue weighted by molar-refractivity contribution is 7.80. The molecule has 0 fully saturated rings. The van der Waals surface area contributed by atoms with E-state index in [1.54, 1.807) is 0 Å². The van der Waals surface area contributed by atoms with Gasteiger partial charge in [-0.15, -0.1) is 0 Å². The normalized spacial score (nSPS) is 12.7. The molecular weight excluding hydrogens is 284 g/mol. The summed E-state index contributed by atoms with van der Waals surface area (Å²) in [5.41, 5.74) is 0. The molecule has 0 spiro atoms. The van der Waals surface area contributed by atoms with E-state index in [4.69, 9.17) is 0 Å². The molecule has 1 heteroatoms. The van der Waals surface area contributed by atoms with Crippen LogP contribution in [-0.4, -0.2) is 5.75 Å². The third kappa shape index (κ3) is 18.4. The predicted octanol–water partition coefficient (Wildman–Crippen LogP) is 8.20. The van der Waals surface area contributed by atoms with Gasteiger partial charge in [-0.05, 0) is 18.1 Å². The summed E-state index contributed by atoms with van der Waals surface area (Å²) in [6.45, 7) is 4.61. The van der Waals surface area contributed by atoms with Crippen LogP contribution in [0.15, 0.2) is 0 Å². The van der Waals surface area contributed by atoms with E-state index in [0.29, 0.717) is 0 Å². The van der Waals surface area contributed by atoms with Crippen LogP contribution in [0.2, 0.25) is 0 Å². The third-order valence-corrected chi connectivity index (χ3v) is 5.49. The minimum Gasteiger partial charge on any atom is -0.179 e.